The summed E-state index contributed by atoms with van der Waals surface area (Å²) in [7, 11) is 0. The van der Waals surface area contributed by atoms with Gasteiger partial charge in [-0.15, -0.1) is 22.7 Å². The van der Waals surface area contributed by atoms with Crippen molar-refractivity contribution in [3.63, 3.8) is 0 Å². The van der Waals surface area contributed by atoms with E-state index in [1.54, 1.807) is 6.92 Å². The van der Waals surface area contributed by atoms with Crippen molar-refractivity contribution in [2.45, 2.75) is 51.7 Å². The molecule has 10 heteroatoms. The Morgan fingerprint density at radius 2 is 2.03 bits per heavy atom. The number of nitrogens with zero attached hydrogens (tertiary/aromatic N) is 4. The SMILES string of the molecule is Cc1c(C(=O)OC2CCCCC2)sc2ncn(C/C(O)=C(\C#N)c3nc4ccccc4s3)c(=O)c12. The van der Waals surface area contributed by atoms with Crippen LogP contribution >= 0.6 is 22.7 Å². The number of ether oxygens (including phenoxy) is 1. The summed E-state index contributed by atoms with van der Waals surface area (Å²) < 4.78 is 7.82. The lowest BCUT2D eigenvalue weighted by Crippen LogP contribution is -2.22. The van der Waals surface area contributed by atoms with Gasteiger partial charge in [-0.2, -0.15) is 5.26 Å². The third-order valence-electron chi connectivity index (χ3n) is 6.16. The Hall–Kier alpha value is -3.55. The van der Waals surface area contributed by atoms with Gasteiger partial charge in [0.1, 0.15) is 38.2 Å². The summed E-state index contributed by atoms with van der Waals surface area (Å²) in [4.78, 5) is 35.6. The highest BCUT2D eigenvalue weighted by Gasteiger charge is 2.25. The molecule has 5 rings (SSSR count). The van der Waals surface area contributed by atoms with Crippen molar-refractivity contribution in [1.29, 1.82) is 5.26 Å². The number of allylic oxidation sites excluding steroid dienone is 2. The van der Waals surface area contributed by atoms with Gasteiger partial charge in [-0.25, -0.2) is 14.8 Å². The van der Waals surface area contributed by atoms with Crippen LogP contribution in [-0.4, -0.2) is 31.7 Å². The van der Waals surface area contributed by atoms with Gasteiger partial charge in [-0.1, -0.05) is 18.6 Å². The van der Waals surface area contributed by atoms with E-state index in [1.165, 1.54) is 22.2 Å². The second kappa shape index (κ2) is 9.60. The number of fused-ring (bicyclic) bond motifs is 2. The lowest BCUT2D eigenvalue weighted by Gasteiger charge is -2.21. The summed E-state index contributed by atoms with van der Waals surface area (Å²) in [6.07, 6.45) is 6.22. The molecule has 0 atom stereocenters. The second-order valence-electron chi connectivity index (χ2n) is 8.50. The lowest BCUT2D eigenvalue weighted by molar-refractivity contribution is 0.0216. The Morgan fingerprint density at radius 3 is 2.77 bits per heavy atom. The maximum absolute atomic E-state index is 13.2. The predicted molar refractivity (Wildman–Crippen MR) is 136 cm³/mol. The monoisotopic (exact) mass is 506 g/mol. The summed E-state index contributed by atoms with van der Waals surface area (Å²) in [6.45, 7) is 1.47. The number of carbonyl (C=O) groups excluding carboxylic acids is 1. The van der Waals surface area contributed by atoms with E-state index in [0.29, 0.717) is 25.7 Å². The highest BCUT2D eigenvalue weighted by atomic mass is 32.1. The fourth-order valence-corrected chi connectivity index (χ4v) is 6.31. The Kier molecular flexibility index (Phi) is 6.36. The minimum atomic E-state index is -0.423. The average Bonchev–Trinajstić information content (AvgIpc) is 3.43. The Balaban J connectivity index is 1.46. The molecule has 1 aliphatic carbocycles. The Bertz CT molecular complexity index is 1530. The van der Waals surface area contributed by atoms with E-state index in [0.717, 1.165) is 53.7 Å². The molecular weight excluding hydrogens is 484 g/mol. The smallest absolute Gasteiger partial charge is 0.348 e. The molecule has 0 aliphatic heterocycles. The van der Waals surface area contributed by atoms with Gasteiger partial charge in [-0.3, -0.25) is 9.36 Å². The predicted octanol–water partition coefficient (Wildman–Crippen LogP) is 5.36. The summed E-state index contributed by atoms with van der Waals surface area (Å²) >= 11 is 2.43. The summed E-state index contributed by atoms with van der Waals surface area (Å²) in [6, 6.07) is 9.46. The topological polar surface area (TPSA) is 118 Å². The van der Waals surface area contributed by atoms with Gasteiger partial charge in [0.2, 0.25) is 0 Å². The number of carbonyl (C=O) groups is 1. The minimum absolute atomic E-state index is 0.0111. The quantitative estimate of drug-likeness (QED) is 0.220. The van der Waals surface area contributed by atoms with E-state index in [1.807, 2.05) is 30.3 Å². The van der Waals surface area contributed by atoms with Crippen molar-refractivity contribution in [3.05, 3.63) is 62.2 Å². The summed E-state index contributed by atoms with van der Waals surface area (Å²) in [5.41, 5.74) is 0.869. The van der Waals surface area contributed by atoms with E-state index in [4.69, 9.17) is 4.74 Å². The Morgan fingerprint density at radius 1 is 1.26 bits per heavy atom. The van der Waals surface area contributed by atoms with Crippen molar-refractivity contribution in [2.75, 3.05) is 0 Å². The molecule has 0 spiro atoms. The van der Waals surface area contributed by atoms with Crippen LogP contribution in [0.1, 0.15) is 52.3 Å². The molecule has 0 bridgehead atoms. The molecule has 8 nitrogen and oxygen atoms in total. The molecule has 0 unspecified atom stereocenters. The van der Waals surface area contributed by atoms with E-state index in [2.05, 4.69) is 9.97 Å². The molecular formula is C25H22N4O4S2. The first-order valence-electron chi connectivity index (χ1n) is 11.3. The molecule has 0 saturated heterocycles. The van der Waals surface area contributed by atoms with Gasteiger partial charge >= 0.3 is 5.97 Å². The molecule has 178 valence electrons. The largest absolute Gasteiger partial charge is 0.509 e. The zero-order chi connectivity index (χ0) is 24.5. The number of nitriles is 1. The number of thiazole rings is 1. The minimum Gasteiger partial charge on any atom is -0.509 e. The number of hydrogen-bond acceptors (Lipinski definition) is 9. The van der Waals surface area contributed by atoms with Crippen LogP contribution in [-0.2, 0) is 11.3 Å². The van der Waals surface area contributed by atoms with Gasteiger partial charge in [0.15, 0.2) is 0 Å². The van der Waals surface area contributed by atoms with Crippen LogP contribution in [0.4, 0.5) is 0 Å². The molecule has 3 heterocycles. The molecule has 1 aliphatic rings. The number of hydrogen-bond donors (Lipinski definition) is 1. The van der Waals surface area contributed by atoms with Crippen LogP contribution in [0.2, 0.25) is 0 Å². The van der Waals surface area contributed by atoms with Crippen molar-refractivity contribution >= 4 is 54.6 Å². The molecule has 0 amide bonds. The second-order valence-corrected chi connectivity index (χ2v) is 10.5. The third kappa shape index (κ3) is 4.45. The van der Waals surface area contributed by atoms with Crippen molar-refractivity contribution in [2.24, 2.45) is 0 Å². The van der Waals surface area contributed by atoms with Gasteiger partial charge < -0.3 is 9.84 Å². The molecule has 3 aromatic heterocycles. The van der Waals surface area contributed by atoms with Crippen LogP contribution in [0.5, 0.6) is 0 Å². The van der Waals surface area contributed by atoms with Gasteiger partial charge in [-0.05, 0) is 50.3 Å². The zero-order valence-electron chi connectivity index (χ0n) is 19.0. The lowest BCUT2D eigenvalue weighted by atomic mass is 9.98. The fourth-order valence-electron chi connectivity index (χ4n) is 4.31. The normalized spacial score (nSPS) is 15.2. The van der Waals surface area contributed by atoms with Crippen LogP contribution in [0.3, 0.4) is 0 Å². The average molecular weight is 507 g/mol. The van der Waals surface area contributed by atoms with Crippen molar-refractivity contribution in [1.82, 2.24) is 14.5 Å². The molecule has 4 aromatic rings. The maximum atomic E-state index is 13.2. The zero-order valence-corrected chi connectivity index (χ0v) is 20.6. The van der Waals surface area contributed by atoms with Crippen LogP contribution in [0.15, 0.2) is 41.1 Å². The molecule has 1 N–H and O–H groups in total. The van der Waals surface area contributed by atoms with E-state index >= 15 is 0 Å². The Labute approximate surface area is 208 Å². The number of thiophene rings is 1. The fraction of sp³-hybridized carbons (Fsp3) is 0.320. The van der Waals surface area contributed by atoms with Gasteiger partial charge in [0, 0.05) is 0 Å². The van der Waals surface area contributed by atoms with Crippen LogP contribution < -0.4 is 5.56 Å². The first kappa shape index (κ1) is 23.2. The number of benzene rings is 1. The number of esters is 1. The number of aliphatic hydroxyl groups is 1. The first-order valence-corrected chi connectivity index (χ1v) is 13.0. The highest BCUT2D eigenvalue weighted by molar-refractivity contribution is 7.20. The molecule has 35 heavy (non-hydrogen) atoms. The summed E-state index contributed by atoms with van der Waals surface area (Å²) in [5, 5.41) is 21.1. The summed E-state index contributed by atoms with van der Waals surface area (Å²) in [5.74, 6) is -0.701. The number of para-hydroxylation sites is 1. The standard InChI is InChI=1S/C25H22N4O4S2/c1-14-20-23(35-21(14)25(32)33-15-7-3-2-4-8-15)27-13-29(24(20)31)12-18(30)16(11-26)22-28-17-9-5-6-10-19(17)34-22/h5-6,9-10,13,15,30H,2-4,7-8,12H2,1H3/b18-16-. The maximum Gasteiger partial charge on any atom is 0.348 e. The van der Waals surface area contributed by atoms with Crippen LogP contribution in [0.25, 0.3) is 26.0 Å². The van der Waals surface area contributed by atoms with E-state index in [-0.39, 0.29) is 24.0 Å². The molecule has 1 saturated carbocycles. The van der Waals surface area contributed by atoms with E-state index < -0.39 is 11.5 Å². The molecule has 0 radical (unpaired) electrons. The third-order valence-corrected chi connectivity index (χ3v) is 8.39. The number of rotatable bonds is 5. The van der Waals surface area contributed by atoms with E-state index in [9.17, 15) is 20.0 Å². The highest BCUT2D eigenvalue weighted by Crippen LogP contribution is 2.30. The van der Waals surface area contributed by atoms with Crippen LogP contribution in [0, 0.1) is 18.3 Å². The first-order chi connectivity index (χ1) is 17.0. The van der Waals surface area contributed by atoms with Crippen molar-refractivity contribution < 1.29 is 14.6 Å². The van der Waals surface area contributed by atoms with Crippen molar-refractivity contribution in [3.8, 4) is 6.07 Å². The number of aliphatic hydroxyl groups excluding tert-OH is 1. The molecule has 1 fully saturated rings. The molecule has 1 aromatic carbocycles. The van der Waals surface area contributed by atoms with Gasteiger partial charge in [0.25, 0.3) is 5.56 Å². The van der Waals surface area contributed by atoms with Gasteiger partial charge in [0.05, 0.1) is 28.5 Å². The number of aryl methyl sites for hydroxylation is 1. The number of aromatic nitrogens is 3.